The number of carbonyl (C=O) groups excluding carboxylic acids is 1. The predicted octanol–water partition coefficient (Wildman–Crippen LogP) is 6.03. The molecule has 0 bridgehead atoms. The maximum atomic E-state index is 13.1. The van der Waals surface area contributed by atoms with Crippen LogP contribution in [-0.4, -0.2) is 42.2 Å². The normalized spacial score (nSPS) is 18.9. The lowest BCUT2D eigenvalue weighted by molar-refractivity contribution is -0.0492. The van der Waals surface area contributed by atoms with E-state index in [4.69, 9.17) is 10.00 Å². The molecule has 2 heterocycles. The zero-order valence-corrected chi connectivity index (χ0v) is 22.1. The summed E-state index contributed by atoms with van der Waals surface area (Å²) in [5.74, 6) is -0.268. The number of aromatic nitrogens is 1. The molecule has 3 unspecified atom stereocenters. The lowest BCUT2D eigenvalue weighted by Gasteiger charge is -2.35. The molecule has 9 heteroatoms. The smallest absolute Gasteiger partial charge is 0.387 e. The van der Waals surface area contributed by atoms with Crippen LogP contribution in [0.25, 0.3) is 22.0 Å². The molecule has 1 fully saturated rings. The van der Waals surface area contributed by atoms with Gasteiger partial charge in [-0.25, -0.2) is 4.98 Å². The largest absolute Gasteiger partial charge is 0.433 e. The molecule has 204 valence electrons. The number of benzene rings is 2. The van der Waals surface area contributed by atoms with Crippen LogP contribution in [0.3, 0.4) is 0 Å². The van der Waals surface area contributed by atoms with Gasteiger partial charge < -0.3 is 20.7 Å². The molecule has 1 aliphatic heterocycles. The Bertz CT molecular complexity index is 1390. The monoisotopic (exact) mass is 533 g/mol. The number of carbonyl (C=O) groups is 1. The first-order valence-electron chi connectivity index (χ1n) is 13.1. The van der Waals surface area contributed by atoms with Gasteiger partial charge in [-0.2, -0.15) is 14.0 Å². The van der Waals surface area contributed by atoms with Crippen LogP contribution in [0.1, 0.15) is 50.0 Å². The molecule has 3 N–H and O–H groups in total. The zero-order chi connectivity index (χ0) is 27.9. The minimum atomic E-state index is -3.01. The summed E-state index contributed by atoms with van der Waals surface area (Å²) in [5, 5.41) is 20.2. The van der Waals surface area contributed by atoms with Gasteiger partial charge in [-0.3, -0.25) is 4.79 Å². The van der Waals surface area contributed by atoms with E-state index in [9.17, 15) is 13.6 Å². The number of hydrogen-bond acceptors (Lipinski definition) is 6. The average Bonchev–Trinajstić information content (AvgIpc) is 2.91. The Morgan fingerprint density at radius 3 is 2.79 bits per heavy atom. The Morgan fingerprint density at radius 1 is 1.26 bits per heavy atom. The van der Waals surface area contributed by atoms with Crippen molar-refractivity contribution in [1.29, 1.82) is 5.26 Å². The highest BCUT2D eigenvalue weighted by atomic mass is 19.3. The highest BCUT2D eigenvalue weighted by molar-refractivity contribution is 5.99. The number of piperidine rings is 1. The molecule has 3 atom stereocenters. The van der Waals surface area contributed by atoms with Crippen LogP contribution in [0.4, 0.5) is 14.5 Å². The van der Waals surface area contributed by atoms with Gasteiger partial charge in [0.15, 0.2) is 0 Å². The summed E-state index contributed by atoms with van der Waals surface area (Å²) in [6.07, 6.45) is 3.89. The maximum Gasteiger partial charge on any atom is 0.387 e. The average molecular weight is 534 g/mol. The van der Waals surface area contributed by atoms with Crippen molar-refractivity contribution in [2.24, 2.45) is 0 Å². The van der Waals surface area contributed by atoms with E-state index in [0.29, 0.717) is 40.1 Å². The Morgan fingerprint density at radius 2 is 2.05 bits per heavy atom. The van der Waals surface area contributed by atoms with Crippen molar-refractivity contribution in [2.45, 2.75) is 64.3 Å². The quantitative estimate of drug-likeness (QED) is 0.275. The fourth-order valence-corrected chi connectivity index (χ4v) is 5.12. The molecule has 0 radical (unpaired) electrons. The highest BCUT2D eigenvalue weighted by Gasteiger charge is 2.27. The van der Waals surface area contributed by atoms with Crippen LogP contribution in [0.15, 0.2) is 60.7 Å². The first kappa shape index (κ1) is 28.0. The number of rotatable bonds is 10. The lowest BCUT2D eigenvalue weighted by Crippen LogP contribution is -2.51. The molecule has 0 spiro atoms. The number of alkyl halides is 2. The van der Waals surface area contributed by atoms with Gasteiger partial charge in [-0.15, -0.1) is 0 Å². The first-order valence-corrected chi connectivity index (χ1v) is 13.1. The fraction of sp³-hybridized carbons (Fsp3) is 0.367. The van der Waals surface area contributed by atoms with E-state index in [1.54, 1.807) is 30.3 Å². The zero-order valence-electron chi connectivity index (χ0n) is 22.1. The number of ether oxygens (including phenoxy) is 1. The van der Waals surface area contributed by atoms with Crippen molar-refractivity contribution in [3.8, 4) is 23.1 Å². The standard InChI is InChI=1S/C30H33F2N5O2/c1-4-6-22-15-23(13-19(3)35-22)36-29(38)26-8-5-7-25(37-26)21-10-9-20-11-12-27(39-30(31)32)28(24(20)14-21)34-17-18(2)16-33/h5,7-12,14,19,22-23,30,34-35H,2,4,6,13,15,17H2,1,3H3,(H,36,38). The number of amides is 1. The number of fused-ring (bicyclic) bond motifs is 1. The Hall–Kier alpha value is -4.03. The summed E-state index contributed by atoms with van der Waals surface area (Å²) < 4.78 is 31.0. The number of halogens is 2. The lowest BCUT2D eigenvalue weighted by atomic mass is 9.92. The molecule has 7 nitrogen and oxygen atoms in total. The minimum Gasteiger partial charge on any atom is -0.433 e. The van der Waals surface area contributed by atoms with Crippen molar-refractivity contribution >= 4 is 22.4 Å². The SMILES string of the molecule is C=C(C#N)CNc1c(OC(F)F)ccc2ccc(-c3cccc(C(=O)NC4CC(C)NC(CCC)C4)n3)cc12. The van der Waals surface area contributed by atoms with Crippen LogP contribution in [0.2, 0.25) is 0 Å². The van der Waals surface area contributed by atoms with E-state index in [-0.39, 0.29) is 29.8 Å². The minimum absolute atomic E-state index is 0.0425. The van der Waals surface area contributed by atoms with Crippen molar-refractivity contribution in [3.63, 3.8) is 0 Å². The predicted molar refractivity (Wildman–Crippen MR) is 149 cm³/mol. The molecule has 4 rings (SSSR count). The van der Waals surface area contributed by atoms with Crippen molar-refractivity contribution in [3.05, 3.63) is 66.4 Å². The second kappa shape index (κ2) is 12.7. The van der Waals surface area contributed by atoms with E-state index >= 15 is 0 Å². The molecular formula is C30H33F2N5O2. The van der Waals surface area contributed by atoms with Gasteiger partial charge in [0.05, 0.1) is 17.5 Å². The van der Waals surface area contributed by atoms with Crippen LogP contribution < -0.4 is 20.7 Å². The molecule has 1 aliphatic rings. The summed E-state index contributed by atoms with van der Waals surface area (Å²) in [5.41, 5.74) is 2.15. The number of anilines is 1. The molecule has 2 aromatic carbocycles. The van der Waals surface area contributed by atoms with E-state index < -0.39 is 6.61 Å². The summed E-state index contributed by atoms with van der Waals surface area (Å²) in [6, 6.07) is 16.6. The summed E-state index contributed by atoms with van der Waals surface area (Å²) in [7, 11) is 0. The molecule has 1 saturated heterocycles. The van der Waals surface area contributed by atoms with Crippen LogP contribution >= 0.6 is 0 Å². The third-order valence-corrected chi connectivity index (χ3v) is 6.81. The van der Waals surface area contributed by atoms with Crippen LogP contribution in [-0.2, 0) is 0 Å². The van der Waals surface area contributed by atoms with Crippen molar-refractivity contribution in [2.75, 3.05) is 11.9 Å². The van der Waals surface area contributed by atoms with Crippen molar-refractivity contribution in [1.82, 2.24) is 15.6 Å². The second-order valence-electron chi connectivity index (χ2n) is 9.93. The number of nitrogens with zero attached hydrogens (tertiary/aromatic N) is 2. The number of nitrogens with one attached hydrogen (secondary N) is 3. The van der Waals surface area contributed by atoms with Crippen LogP contribution in [0.5, 0.6) is 5.75 Å². The molecule has 0 aliphatic carbocycles. The molecule has 0 saturated carbocycles. The van der Waals surface area contributed by atoms with Gasteiger partial charge in [0.2, 0.25) is 0 Å². The van der Waals surface area contributed by atoms with Gasteiger partial charge in [-0.05, 0) is 55.8 Å². The maximum absolute atomic E-state index is 13.1. The molecular weight excluding hydrogens is 500 g/mol. The van der Waals surface area contributed by atoms with Crippen molar-refractivity contribution < 1.29 is 18.3 Å². The highest BCUT2D eigenvalue weighted by Crippen LogP contribution is 2.36. The molecule has 1 amide bonds. The van der Waals surface area contributed by atoms with E-state index in [2.05, 4.69) is 41.4 Å². The fourth-order valence-electron chi connectivity index (χ4n) is 5.12. The molecule has 3 aromatic rings. The Balaban J connectivity index is 1.62. The van der Waals surface area contributed by atoms with Crippen LogP contribution in [0, 0.1) is 11.3 Å². The molecule has 1 aromatic heterocycles. The van der Waals surface area contributed by atoms with Gasteiger partial charge in [0, 0.05) is 41.2 Å². The number of pyridine rings is 1. The topological polar surface area (TPSA) is 99.1 Å². The van der Waals surface area contributed by atoms with E-state index in [1.807, 2.05) is 18.2 Å². The third-order valence-electron chi connectivity index (χ3n) is 6.81. The third kappa shape index (κ3) is 7.09. The summed E-state index contributed by atoms with van der Waals surface area (Å²) in [6.45, 7) is 5.00. The van der Waals surface area contributed by atoms with E-state index in [1.165, 1.54) is 6.07 Å². The Labute approximate surface area is 227 Å². The second-order valence-corrected chi connectivity index (χ2v) is 9.93. The number of nitriles is 1. The summed E-state index contributed by atoms with van der Waals surface area (Å²) >= 11 is 0. The summed E-state index contributed by atoms with van der Waals surface area (Å²) in [4.78, 5) is 17.8. The van der Waals surface area contributed by atoms with Gasteiger partial charge in [0.25, 0.3) is 5.91 Å². The van der Waals surface area contributed by atoms with Gasteiger partial charge >= 0.3 is 6.61 Å². The van der Waals surface area contributed by atoms with Gasteiger partial charge in [0.1, 0.15) is 11.4 Å². The number of hydrogen-bond donors (Lipinski definition) is 3. The van der Waals surface area contributed by atoms with Gasteiger partial charge in [-0.1, -0.05) is 44.2 Å². The van der Waals surface area contributed by atoms with E-state index in [0.717, 1.165) is 31.1 Å². The first-order chi connectivity index (χ1) is 18.8. The molecule has 39 heavy (non-hydrogen) atoms. The Kier molecular flexibility index (Phi) is 9.10.